The van der Waals surface area contributed by atoms with Crippen molar-refractivity contribution in [2.45, 2.75) is 64.2 Å². The Balaban J connectivity index is 1.81. The number of rotatable bonds is 4. The highest BCUT2D eigenvalue weighted by atomic mass is 14.6. The molecule has 21 heavy (non-hydrogen) atoms. The van der Waals surface area contributed by atoms with Gasteiger partial charge in [-0.25, -0.2) is 0 Å². The Bertz CT molecular complexity index is 461. The summed E-state index contributed by atoms with van der Waals surface area (Å²) in [6, 6.07) is 9.50. The predicted octanol–water partition coefficient (Wildman–Crippen LogP) is 5.07. The van der Waals surface area contributed by atoms with Gasteiger partial charge in [-0.15, -0.1) is 0 Å². The molecule has 3 rings (SSSR count). The first kappa shape index (κ1) is 15.1. The van der Waals surface area contributed by atoms with Gasteiger partial charge in [0.15, 0.2) is 0 Å². The minimum absolute atomic E-state index is 0.691. The van der Waals surface area contributed by atoms with Crippen molar-refractivity contribution in [1.29, 1.82) is 0 Å². The quantitative estimate of drug-likeness (QED) is 0.821. The third kappa shape index (κ3) is 3.18. The van der Waals surface area contributed by atoms with Crippen LogP contribution in [0.15, 0.2) is 24.3 Å². The zero-order valence-electron chi connectivity index (χ0n) is 13.7. The molecule has 1 heteroatoms. The van der Waals surface area contributed by atoms with Gasteiger partial charge in [-0.1, -0.05) is 44.5 Å². The molecular formula is C20H31N. The van der Waals surface area contributed by atoms with Crippen LogP contribution in [0.2, 0.25) is 0 Å². The lowest BCUT2D eigenvalue weighted by molar-refractivity contribution is 0.197. The SMILES string of the molecule is CC(C)C1CCC(CN)C(c2cccc(C3CCC3)c2)C1. The normalized spacial score (nSPS) is 30.4. The van der Waals surface area contributed by atoms with Crippen LogP contribution in [0.5, 0.6) is 0 Å². The van der Waals surface area contributed by atoms with Crippen LogP contribution < -0.4 is 5.73 Å². The zero-order valence-corrected chi connectivity index (χ0v) is 13.7. The average Bonchev–Trinajstić information content (AvgIpc) is 2.45. The van der Waals surface area contributed by atoms with Crippen LogP contribution in [0.1, 0.15) is 75.3 Å². The second-order valence-electron chi connectivity index (χ2n) is 7.72. The maximum absolute atomic E-state index is 6.09. The fourth-order valence-electron chi connectivity index (χ4n) is 4.35. The number of nitrogens with two attached hydrogens (primary N) is 1. The molecule has 0 heterocycles. The summed E-state index contributed by atoms with van der Waals surface area (Å²) in [4.78, 5) is 0. The van der Waals surface area contributed by atoms with E-state index in [0.717, 1.165) is 24.3 Å². The predicted molar refractivity (Wildman–Crippen MR) is 90.5 cm³/mol. The fraction of sp³-hybridized carbons (Fsp3) is 0.700. The molecule has 0 bridgehead atoms. The molecule has 2 N–H and O–H groups in total. The Morgan fingerprint density at radius 2 is 1.86 bits per heavy atom. The Hall–Kier alpha value is -0.820. The van der Waals surface area contributed by atoms with E-state index in [0.29, 0.717) is 11.8 Å². The third-order valence-corrected chi connectivity index (χ3v) is 6.19. The third-order valence-electron chi connectivity index (χ3n) is 6.19. The fourth-order valence-corrected chi connectivity index (χ4v) is 4.35. The molecule has 1 aromatic rings. The maximum atomic E-state index is 6.09. The van der Waals surface area contributed by atoms with Crippen LogP contribution in [0.4, 0.5) is 0 Å². The first-order valence-electron chi connectivity index (χ1n) is 8.99. The van der Waals surface area contributed by atoms with Crippen molar-refractivity contribution in [3.63, 3.8) is 0 Å². The van der Waals surface area contributed by atoms with Gasteiger partial charge in [-0.2, -0.15) is 0 Å². The molecular weight excluding hydrogens is 254 g/mol. The van der Waals surface area contributed by atoms with Gasteiger partial charge in [-0.3, -0.25) is 0 Å². The van der Waals surface area contributed by atoms with E-state index in [4.69, 9.17) is 5.73 Å². The van der Waals surface area contributed by atoms with Crippen molar-refractivity contribution >= 4 is 0 Å². The van der Waals surface area contributed by atoms with E-state index in [9.17, 15) is 0 Å². The molecule has 1 aromatic carbocycles. The largest absolute Gasteiger partial charge is 0.330 e. The molecule has 3 unspecified atom stereocenters. The highest BCUT2D eigenvalue weighted by molar-refractivity contribution is 5.31. The van der Waals surface area contributed by atoms with E-state index >= 15 is 0 Å². The van der Waals surface area contributed by atoms with E-state index in [1.807, 2.05) is 0 Å². The molecule has 0 amide bonds. The molecule has 1 nitrogen and oxygen atoms in total. The first-order chi connectivity index (χ1) is 10.2. The summed E-state index contributed by atoms with van der Waals surface area (Å²) < 4.78 is 0. The first-order valence-corrected chi connectivity index (χ1v) is 8.99. The van der Waals surface area contributed by atoms with E-state index in [1.165, 1.54) is 38.5 Å². The number of benzene rings is 1. The minimum atomic E-state index is 0.691. The zero-order chi connectivity index (χ0) is 14.8. The van der Waals surface area contributed by atoms with Crippen LogP contribution in [-0.2, 0) is 0 Å². The van der Waals surface area contributed by atoms with Crippen molar-refractivity contribution in [2.24, 2.45) is 23.5 Å². The molecule has 116 valence electrons. The van der Waals surface area contributed by atoms with Gasteiger partial charge in [0.05, 0.1) is 0 Å². The second-order valence-corrected chi connectivity index (χ2v) is 7.72. The van der Waals surface area contributed by atoms with Gasteiger partial charge in [0.1, 0.15) is 0 Å². The number of hydrogen-bond donors (Lipinski definition) is 1. The Kier molecular flexibility index (Phi) is 4.69. The molecule has 0 aromatic heterocycles. The summed E-state index contributed by atoms with van der Waals surface area (Å²) in [5.41, 5.74) is 9.24. The summed E-state index contributed by atoms with van der Waals surface area (Å²) in [6.07, 6.45) is 8.23. The maximum Gasteiger partial charge on any atom is -0.00430 e. The van der Waals surface area contributed by atoms with Crippen LogP contribution in [0.3, 0.4) is 0 Å². The van der Waals surface area contributed by atoms with E-state index in [2.05, 4.69) is 38.1 Å². The topological polar surface area (TPSA) is 26.0 Å². The van der Waals surface area contributed by atoms with Crippen molar-refractivity contribution in [2.75, 3.05) is 6.54 Å². The number of hydrogen-bond acceptors (Lipinski definition) is 1. The van der Waals surface area contributed by atoms with E-state index < -0.39 is 0 Å². The molecule has 2 fully saturated rings. The lowest BCUT2D eigenvalue weighted by atomic mass is 9.67. The van der Waals surface area contributed by atoms with Crippen LogP contribution >= 0.6 is 0 Å². The second kappa shape index (κ2) is 6.52. The molecule has 0 aliphatic heterocycles. The van der Waals surface area contributed by atoms with Crippen LogP contribution in [0.25, 0.3) is 0 Å². The summed E-state index contributed by atoms with van der Waals surface area (Å²) in [6.45, 7) is 5.62. The molecule has 2 aliphatic carbocycles. The molecule has 0 saturated heterocycles. The van der Waals surface area contributed by atoms with Gasteiger partial charge in [0.25, 0.3) is 0 Å². The smallest absolute Gasteiger partial charge is 0.00430 e. The minimum Gasteiger partial charge on any atom is -0.330 e. The highest BCUT2D eigenvalue weighted by Crippen LogP contribution is 2.44. The summed E-state index contributed by atoms with van der Waals surface area (Å²) in [5.74, 6) is 3.91. The molecule has 2 aliphatic rings. The van der Waals surface area contributed by atoms with Gasteiger partial charge >= 0.3 is 0 Å². The summed E-state index contributed by atoms with van der Waals surface area (Å²) >= 11 is 0. The highest BCUT2D eigenvalue weighted by Gasteiger charge is 2.32. The van der Waals surface area contributed by atoms with Crippen molar-refractivity contribution < 1.29 is 0 Å². The van der Waals surface area contributed by atoms with Crippen molar-refractivity contribution in [1.82, 2.24) is 0 Å². The van der Waals surface area contributed by atoms with Crippen molar-refractivity contribution in [3.05, 3.63) is 35.4 Å². The standard InChI is InChI=1S/C20H31N/c1-14(2)16-9-10-19(13-21)20(12-16)18-8-4-7-17(11-18)15-5-3-6-15/h4,7-8,11,14-16,19-20H,3,5-6,9-10,12-13,21H2,1-2H3. The molecule has 2 saturated carbocycles. The van der Waals surface area contributed by atoms with Gasteiger partial charge in [-0.05, 0) is 79.4 Å². The average molecular weight is 285 g/mol. The molecule has 0 spiro atoms. The van der Waals surface area contributed by atoms with Crippen LogP contribution in [-0.4, -0.2) is 6.54 Å². The monoisotopic (exact) mass is 285 g/mol. The molecule has 3 atom stereocenters. The lowest BCUT2D eigenvalue weighted by Gasteiger charge is -2.38. The lowest BCUT2D eigenvalue weighted by Crippen LogP contribution is -2.30. The summed E-state index contributed by atoms with van der Waals surface area (Å²) in [7, 11) is 0. The summed E-state index contributed by atoms with van der Waals surface area (Å²) in [5, 5.41) is 0. The van der Waals surface area contributed by atoms with Crippen LogP contribution in [0, 0.1) is 17.8 Å². The van der Waals surface area contributed by atoms with E-state index in [-0.39, 0.29) is 0 Å². The van der Waals surface area contributed by atoms with Gasteiger partial charge < -0.3 is 5.73 Å². The Morgan fingerprint density at radius 3 is 2.48 bits per heavy atom. The van der Waals surface area contributed by atoms with Gasteiger partial charge in [0, 0.05) is 0 Å². The Morgan fingerprint density at radius 1 is 1.10 bits per heavy atom. The van der Waals surface area contributed by atoms with Crippen molar-refractivity contribution in [3.8, 4) is 0 Å². The molecule has 0 radical (unpaired) electrons. The van der Waals surface area contributed by atoms with E-state index in [1.54, 1.807) is 11.1 Å². The Labute approximate surface area is 130 Å². The van der Waals surface area contributed by atoms with Gasteiger partial charge in [0.2, 0.25) is 0 Å².